The molecule has 0 radical (unpaired) electrons. The number of nitrogens with two attached hydrogens (primary N) is 1. The molecule has 0 bridgehead atoms. The van der Waals surface area contributed by atoms with Crippen molar-refractivity contribution < 1.29 is 20.1 Å². The molecule has 7 nitrogen and oxygen atoms in total. The molecule has 2 aliphatic heterocycles. The molecule has 0 aromatic rings. The summed E-state index contributed by atoms with van der Waals surface area (Å²) in [6.07, 6.45) is 8.31. The van der Waals surface area contributed by atoms with E-state index in [1.54, 1.807) is 0 Å². The first kappa shape index (κ1) is 27.3. The summed E-state index contributed by atoms with van der Waals surface area (Å²) in [5.74, 6) is -1.25. The van der Waals surface area contributed by atoms with Crippen LogP contribution in [-0.2, 0) is 4.79 Å². The number of hydrogen-bond donors (Lipinski definition) is 5. The molecule has 3 rings (SSSR count). The minimum Gasteiger partial charge on any atom is -0.480 e. The predicted octanol–water partition coefficient (Wildman–Crippen LogP) is 0.457. The quantitative estimate of drug-likeness (QED) is 0.331. The maximum atomic E-state index is 12.0. The predicted molar refractivity (Wildman–Crippen MR) is 125 cm³/mol. The van der Waals surface area contributed by atoms with E-state index in [1.165, 1.54) is 5.57 Å². The fourth-order valence-corrected chi connectivity index (χ4v) is 5.20. The van der Waals surface area contributed by atoms with Crippen LogP contribution in [-0.4, -0.2) is 78.0 Å². The number of piperidine rings is 1. The second-order valence-electron chi connectivity index (χ2n) is 8.77. The molecule has 30 heavy (non-hydrogen) atoms. The zero-order valence-electron chi connectivity index (χ0n) is 17.7. The monoisotopic (exact) mass is 463 g/mol. The third-order valence-electron chi connectivity index (χ3n) is 6.99. The molecule has 3 unspecified atom stereocenters. The summed E-state index contributed by atoms with van der Waals surface area (Å²) in [6.45, 7) is 2.95. The molecule has 6 N–H and O–H groups in total. The van der Waals surface area contributed by atoms with Gasteiger partial charge in [0.05, 0.1) is 0 Å². The van der Waals surface area contributed by atoms with Gasteiger partial charge >= 0.3 is 5.97 Å². The lowest BCUT2D eigenvalue weighted by atomic mass is 9.61. The zero-order chi connectivity index (χ0) is 20.4. The summed E-state index contributed by atoms with van der Waals surface area (Å²) in [4.78, 5) is 14.3. The highest BCUT2D eigenvalue weighted by atomic mass is 35.5. The van der Waals surface area contributed by atoms with Gasteiger partial charge in [-0.1, -0.05) is 18.6 Å². The van der Waals surface area contributed by atoms with E-state index in [4.69, 9.17) is 10.8 Å². The highest BCUT2D eigenvalue weighted by molar-refractivity contribution is 6.15. The normalized spacial score (nSPS) is 27.3. The van der Waals surface area contributed by atoms with Crippen LogP contribution >= 0.6 is 24.8 Å². The van der Waals surface area contributed by atoms with Gasteiger partial charge in [-0.15, -0.1) is 24.8 Å². The van der Waals surface area contributed by atoms with Crippen molar-refractivity contribution in [1.29, 1.82) is 0 Å². The van der Waals surface area contributed by atoms with E-state index >= 15 is 0 Å². The van der Waals surface area contributed by atoms with Crippen LogP contribution in [0.3, 0.4) is 0 Å². The van der Waals surface area contributed by atoms with Gasteiger partial charge in [0, 0.05) is 31.8 Å². The molecule has 1 fully saturated rings. The number of hydrogen-bond acceptors (Lipinski definition) is 6. The molecule has 0 spiro atoms. The summed E-state index contributed by atoms with van der Waals surface area (Å²) < 4.78 is 0. The Hall–Kier alpha value is -0.765. The standard InChI is InChI=1S/C20H34BN3O4.2ClH/c21-16(4-2-12-25)20(22,18(26)27)15-6-10-24(11-7-15)13-19(28)8-1-3-14-5-9-23-17(14)19;;/h1,3,15-16,23,25,28H,2,4-13,21-22H2,(H,26,27);2*1H. The molecule has 0 aromatic carbocycles. The Morgan fingerprint density at radius 1 is 1.40 bits per heavy atom. The van der Waals surface area contributed by atoms with Crippen molar-refractivity contribution in [2.45, 2.75) is 55.5 Å². The van der Waals surface area contributed by atoms with Crippen molar-refractivity contribution in [1.82, 2.24) is 10.2 Å². The first-order valence-corrected chi connectivity index (χ1v) is 10.5. The molecule has 2 heterocycles. The number of nitrogens with zero attached hydrogens (tertiary/aromatic N) is 1. The molecule has 10 heteroatoms. The SMILES string of the molecule is BC(CCCO)C(N)(C(=O)O)C1CCN(CC2(O)CC=CC3=C2NCC3)CC1.Cl.Cl. The summed E-state index contributed by atoms with van der Waals surface area (Å²) in [6, 6.07) is 0. The molecule has 0 amide bonds. The fourth-order valence-electron chi connectivity index (χ4n) is 5.20. The van der Waals surface area contributed by atoms with Gasteiger partial charge in [0.15, 0.2) is 0 Å². The number of aliphatic carboxylic acids is 1. The Bertz CT molecular complexity index is 658. The van der Waals surface area contributed by atoms with Crippen molar-refractivity contribution in [3.63, 3.8) is 0 Å². The van der Waals surface area contributed by atoms with Crippen LogP contribution in [0.25, 0.3) is 0 Å². The van der Waals surface area contributed by atoms with Crippen molar-refractivity contribution in [2.75, 3.05) is 32.8 Å². The third kappa shape index (κ3) is 5.34. The molecule has 1 saturated heterocycles. The average Bonchev–Trinajstić information content (AvgIpc) is 3.16. The number of allylic oxidation sites excluding steroid dienone is 1. The minimum absolute atomic E-state index is 0. The van der Waals surface area contributed by atoms with Crippen LogP contribution < -0.4 is 11.1 Å². The van der Waals surface area contributed by atoms with E-state index < -0.39 is 17.1 Å². The lowest BCUT2D eigenvalue weighted by molar-refractivity contribution is -0.147. The van der Waals surface area contributed by atoms with Crippen LogP contribution in [0.15, 0.2) is 23.4 Å². The van der Waals surface area contributed by atoms with E-state index in [0.717, 1.165) is 31.8 Å². The number of rotatable bonds is 8. The molecular weight excluding hydrogens is 428 g/mol. The van der Waals surface area contributed by atoms with Crippen LogP contribution in [0.1, 0.15) is 38.5 Å². The van der Waals surface area contributed by atoms with Gasteiger partial charge in [-0.2, -0.15) is 0 Å². The van der Waals surface area contributed by atoms with E-state index in [2.05, 4.69) is 22.4 Å². The van der Waals surface area contributed by atoms with E-state index in [0.29, 0.717) is 38.6 Å². The van der Waals surface area contributed by atoms with Crippen LogP contribution in [0.2, 0.25) is 5.82 Å². The Balaban J connectivity index is 0.00000225. The maximum absolute atomic E-state index is 12.0. The fraction of sp³-hybridized carbons (Fsp3) is 0.750. The van der Waals surface area contributed by atoms with E-state index in [9.17, 15) is 15.0 Å². The Morgan fingerprint density at radius 2 is 2.07 bits per heavy atom. The van der Waals surface area contributed by atoms with Crippen LogP contribution in [0, 0.1) is 5.92 Å². The lowest BCUT2D eigenvalue weighted by Gasteiger charge is -2.45. The van der Waals surface area contributed by atoms with Gasteiger partial charge in [-0.25, -0.2) is 0 Å². The van der Waals surface area contributed by atoms with Crippen molar-refractivity contribution in [3.05, 3.63) is 23.4 Å². The Labute approximate surface area is 192 Å². The number of aliphatic hydroxyl groups excluding tert-OH is 1. The van der Waals surface area contributed by atoms with Crippen LogP contribution in [0.4, 0.5) is 0 Å². The minimum atomic E-state index is -1.27. The number of likely N-dealkylation sites (tertiary alicyclic amines) is 1. The average molecular weight is 464 g/mol. The number of carboxylic acid groups (broad SMARTS) is 1. The van der Waals surface area contributed by atoms with Crippen LogP contribution in [0.5, 0.6) is 0 Å². The molecular formula is C20H36BCl2N3O4. The number of carbonyl (C=O) groups is 1. The van der Waals surface area contributed by atoms with Gasteiger partial charge in [0.25, 0.3) is 0 Å². The van der Waals surface area contributed by atoms with Gasteiger partial charge in [0.2, 0.25) is 0 Å². The third-order valence-corrected chi connectivity index (χ3v) is 6.99. The Morgan fingerprint density at radius 3 is 2.67 bits per heavy atom. The number of carboxylic acids is 1. The van der Waals surface area contributed by atoms with Gasteiger partial charge in [-0.3, -0.25) is 4.79 Å². The number of aliphatic hydroxyl groups is 2. The summed E-state index contributed by atoms with van der Waals surface area (Å²) >= 11 is 0. The van der Waals surface area contributed by atoms with Gasteiger partial charge in [0.1, 0.15) is 19.0 Å². The largest absolute Gasteiger partial charge is 0.480 e. The highest BCUT2D eigenvalue weighted by Gasteiger charge is 2.48. The topological polar surface area (TPSA) is 119 Å². The Kier molecular flexibility index (Phi) is 10.2. The highest BCUT2D eigenvalue weighted by Crippen LogP contribution is 2.38. The second kappa shape index (κ2) is 11.2. The van der Waals surface area contributed by atoms with E-state index in [-0.39, 0.29) is 43.2 Å². The molecule has 0 saturated carbocycles. The maximum Gasteiger partial charge on any atom is 0.323 e. The molecule has 1 aliphatic carbocycles. The molecule has 172 valence electrons. The number of β-amino-alcohol motifs (C(OH)–C–C–N with tert-alkyl or cyclic N) is 1. The summed E-state index contributed by atoms with van der Waals surface area (Å²) in [5.41, 5.74) is 6.47. The first-order chi connectivity index (χ1) is 13.3. The zero-order valence-corrected chi connectivity index (χ0v) is 19.3. The summed E-state index contributed by atoms with van der Waals surface area (Å²) in [7, 11) is 1.88. The van der Waals surface area contributed by atoms with Crippen molar-refractivity contribution >= 4 is 38.6 Å². The smallest absolute Gasteiger partial charge is 0.323 e. The van der Waals surface area contributed by atoms with Gasteiger partial charge in [-0.05, 0) is 56.1 Å². The molecule has 0 aromatic heterocycles. The van der Waals surface area contributed by atoms with Crippen molar-refractivity contribution in [3.8, 4) is 0 Å². The number of halogens is 2. The lowest BCUT2D eigenvalue weighted by Crippen LogP contribution is -2.60. The first-order valence-electron chi connectivity index (χ1n) is 10.5. The van der Waals surface area contributed by atoms with Gasteiger partial charge < -0.3 is 31.3 Å². The molecule has 3 atom stereocenters. The summed E-state index contributed by atoms with van der Waals surface area (Å²) in [5, 5.41) is 33.5. The number of nitrogens with one attached hydrogen (secondary N) is 1. The van der Waals surface area contributed by atoms with E-state index in [1.807, 2.05) is 7.85 Å². The van der Waals surface area contributed by atoms with Crippen molar-refractivity contribution in [2.24, 2.45) is 11.7 Å². The molecule has 3 aliphatic rings. The second-order valence-corrected chi connectivity index (χ2v) is 8.77.